The molecule has 3 aromatic rings. The van der Waals surface area contributed by atoms with Crippen molar-refractivity contribution in [1.82, 2.24) is 15.1 Å². The minimum Gasteiger partial charge on any atom is -0.460 e. The van der Waals surface area contributed by atoms with Crippen molar-refractivity contribution in [3.8, 4) is 5.69 Å². The zero-order chi connectivity index (χ0) is 21.7. The summed E-state index contributed by atoms with van der Waals surface area (Å²) in [5.74, 6) is -1.84. The Labute approximate surface area is 170 Å². The molecule has 0 aliphatic heterocycles. The van der Waals surface area contributed by atoms with Crippen LogP contribution < -0.4 is 5.32 Å². The number of carbonyl (C=O) groups excluding carboxylic acids is 2. The Bertz CT molecular complexity index is 1050. The lowest BCUT2D eigenvalue weighted by atomic mass is 10.1. The Morgan fingerprint density at radius 1 is 1.07 bits per heavy atom. The molecule has 0 atom stereocenters. The number of esters is 1. The smallest absolute Gasteiger partial charge is 0.434 e. The van der Waals surface area contributed by atoms with E-state index in [9.17, 15) is 22.8 Å². The van der Waals surface area contributed by atoms with Crippen LogP contribution in [0, 0.1) is 6.92 Å². The summed E-state index contributed by atoms with van der Waals surface area (Å²) >= 11 is 0. The molecule has 3 rings (SSSR count). The van der Waals surface area contributed by atoms with Crippen LogP contribution in [0.2, 0.25) is 0 Å². The van der Waals surface area contributed by atoms with E-state index in [1.165, 1.54) is 6.07 Å². The molecule has 0 bridgehead atoms. The maximum absolute atomic E-state index is 13.7. The number of amides is 1. The van der Waals surface area contributed by atoms with E-state index < -0.39 is 35.9 Å². The number of aromatic nitrogens is 2. The predicted molar refractivity (Wildman–Crippen MR) is 102 cm³/mol. The summed E-state index contributed by atoms with van der Waals surface area (Å²) in [4.78, 5) is 24.2. The molecule has 1 heterocycles. The summed E-state index contributed by atoms with van der Waals surface area (Å²) in [6.45, 7) is 1.06. The molecule has 2 aromatic carbocycles. The quantitative estimate of drug-likeness (QED) is 0.621. The Balaban J connectivity index is 1.73. The van der Waals surface area contributed by atoms with Gasteiger partial charge in [0.1, 0.15) is 13.2 Å². The van der Waals surface area contributed by atoms with Gasteiger partial charge in [-0.3, -0.25) is 9.59 Å². The van der Waals surface area contributed by atoms with E-state index in [4.69, 9.17) is 4.74 Å². The maximum atomic E-state index is 13.7. The maximum Gasteiger partial charge on any atom is 0.434 e. The number of ether oxygens (including phenoxy) is 1. The summed E-state index contributed by atoms with van der Waals surface area (Å²) in [6.07, 6.45) is -4.00. The van der Waals surface area contributed by atoms with Crippen molar-refractivity contribution in [3.63, 3.8) is 0 Å². The van der Waals surface area contributed by atoms with E-state index in [1.807, 2.05) is 0 Å². The molecule has 0 aliphatic rings. The van der Waals surface area contributed by atoms with Crippen LogP contribution in [-0.4, -0.2) is 28.2 Å². The summed E-state index contributed by atoms with van der Waals surface area (Å²) in [5, 5.41) is 5.92. The number of nitrogens with zero attached hydrogens (tertiary/aromatic N) is 2. The number of hydrogen-bond acceptors (Lipinski definition) is 4. The van der Waals surface area contributed by atoms with Gasteiger partial charge in [-0.2, -0.15) is 18.3 Å². The second kappa shape index (κ2) is 8.81. The van der Waals surface area contributed by atoms with Gasteiger partial charge >= 0.3 is 12.1 Å². The highest BCUT2D eigenvalue weighted by molar-refractivity contribution is 5.97. The molecule has 0 unspecified atom stereocenters. The highest BCUT2D eigenvalue weighted by Crippen LogP contribution is 2.34. The lowest BCUT2D eigenvalue weighted by Crippen LogP contribution is -2.32. The molecule has 0 aliphatic carbocycles. The number of carbonyl (C=O) groups is 2. The summed E-state index contributed by atoms with van der Waals surface area (Å²) in [7, 11) is 0. The number of aryl methyl sites for hydroxylation is 1. The molecule has 9 heteroatoms. The average molecular weight is 417 g/mol. The number of alkyl halides is 3. The van der Waals surface area contributed by atoms with Gasteiger partial charge < -0.3 is 10.1 Å². The molecule has 0 saturated heterocycles. The largest absolute Gasteiger partial charge is 0.460 e. The molecule has 1 N–H and O–H groups in total. The molecular weight excluding hydrogens is 399 g/mol. The fraction of sp³-hybridized carbons (Fsp3) is 0.190. The Morgan fingerprint density at radius 3 is 2.40 bits per heavy atom. The van der Waals surface area contributed by atoms with E-state index in [-0.39, 0.29) is 12.3 Å². The van der Waals surface area contributed by atoms with E-state index in [1.54, 1.807) is 55.5 Å². The normalized spacial score (nSPS) is 11.2. The van der Waals surface area contributed by atoms with E-state index in [0.29, 0.717) is 10.2 Å². The standard InChI is InChI=1S/C21H18F3N3O3/c1-14-7-5-6-10-17(14)27-19(21(22,23)24)16(11-26-27)20(29)25-12-18(28)30-13-15-8-3-2-4-9-15/h2-11H,12-13H2,1H3,(H,25,29). The lowest BCUT2D eigenvalue weighted by molar-refractivity contribution is -0.143. The van der Waals surface area contributed by atoms with Gasteiger partial charge in [0.2, 0.25) is 0 Å². The second-order valence-electron chi connectivity index (χ2n) is 6.43. The first-order chi connectivity index (χ1) is 14.3. The third-order valence-corrected chi connectivity index (χ3v) is 4.26. The first kappa shape index (κ1) is 21.1. The van der Waals surface area contributed by atoms with Crippen molar-refractivity contribution in [2.75, 3.05) is 6.54 Å². The van der Waals surface area contributed by atoms with Crippen LogP contribution in [0.4, 0.5) is 13.2 Å². The molecule has 1 amide bonds. The Kier molecular flexibility index (Phi) is 6.20. The number of nitrogens with one attached hydrogen (secondary N) is 1. The van der Waals surface area contributed by atoms with Gasteiger partial charge in [0.15, 0.2) is 5.69 Å². The van der Waals surface area contributed by atoms with Crippen molar-refractivity contribution in [3.05, 3.63) is 83.2 Å². The van der Waals surface area contributed by atoms with Crippen molar-refractivity contribution in [1.29, 1.82) is 0 Å². The number of hydrogen-bond donors (Lipinski definition) is 1. The molecular formula is C21H18F3N3O3. The van der Waals surface area contributed by atoms with Crippen molar-refractivity contribution < 1.29 is 27.5 Å². The van der Waals surface area contributed by atoms with Gasteiger partial charge in [-0.25, -0.2) is 4.68 Å². The van der Waals surface area contributed by atoms with Gasteiger partial charge in [0, 0.05) is 0 Å². The molecule has 1 aromatic heterocycles. The SMILES string of the molecule is Cc1ccccc1-n1ncc(C(=O)NCC(=O)OCc2ccccc2)c1C(F)(F)F. The third-order valence-electron chi connectivity index (χ3n) is 4.26. The van der Waals surface area contributed by atoms with Crippen LogP contribution in [0.1, 0.15) is 27.2 Å². The van der Waals surface area contributed by atoms with Gasteiger partial charge in [-0.05, 0) is 24.1 Å². The molecule has 156 valence electrons. The zero-order valence-corrected chi connectivity index (χ0v) is 15.9. The fourth-order valence-electron chi connectivity index (χ4n) is 2.81. The minimum absolute atomic E-state index is 0.00540. The van der Waals surface area contributed by atoms with Gasteiger partial charge in [0.05, 0.1) is 17.4 Å². The number of halogens is 3. The monoisotopic (exact) mass is 417 g/mol. The highest BCUT2D eigenvalue weighted by Gasteiger charge is 2.40. The summed E-state index contributed by atoms with van der Waals surface area (Å²) < 4.78 is 46.8. The predicted octanol–water partition coefficient (Wildman–Crippen LogP) is 3.67. The van der Waals surface area contributed by atoms with Crippen molar-refractivity contribution in [2.45, 2.75) is 19.7 Å². The minimum atomic E-state index is -4.83. The van der Waals surface area contributed by atoms with Crippen molar-refractivity contribution >= 4 is 11.9 Å². The first-order valence-electron chi connectivity index (χ1n) is 8.96. The lowest BCUT2D eigenvalue weighted by Gasteiger charge is -2.14. The highest BCUT2D eigenvalue weighted by atomic mass is 19.4. The number of benzene rings is 2. The van der Waals surface area contributed by atoms with Gasteiger partial charge in [0.25, 0.3) is 5.91 Å². The molecule has 0 fully saturated rings. The van der Waals surface area contributed by atoms with Crippen LogP contribution in [0.15, 0.2) is 60.8 Å². The van der Waals surface area contributed by atoms with Crippen LogP contribution in [0.5, 0.6) is 0 Å². The first-order valence-corrected chi connectivity index (χ1v) is 8.96. The van der Waals surface area contributed by atoms with Crippen molar-refractivity contribution in [2.24, 2.45) is 0 Å². The third kappa shape index (κ3) is 4.86. The van der Waals surface area contributed by atoms with Gasteiger partial charge in [-0.1, -0.05) is 48.5 Å². The van der Waals surface area contributed by atoms with Crippen LogP contribution in [0.3, 0.4) is 0 Å². The topological polar surface area (TPSA) is 73.2 Å². The van der Waals surface area contributed by atoms with E-state index in [2.05, 4.69) is 10.4 Å². The van der Waals surface area contributed by atoms with E-state index >= 15 is 0 Å². The van der Waals surface area contributed by atoms with Crippen LogP contribution in [0.25, 0.3) is 5.69 Å². The second-order valence-corrected chi connectivity index (χ2v) is 6.43. The molecule has 0 saturated carbocycles. The average Bonchev–Trinajstić information content (AvgIpc) is 3.17. The zero-order valence-electron chi connectivity index (χ0n) is 15.9. The molecule has 6 nitrogen and oxygen atoms in total. The molecule has 30 heavy (non-hydrogen) atoms. The van der Waals surface area contributed by atoms with E-state index in [0.717, 1.165) is 11.8 Å². The summed E-state index contributed by atoms with van der Waals surface area (Å²) in [6, 6.07) is 15.2. The fourth-order valence-corrected chi connectivity index (χ4v) is 2.81. The Hall–Kier alpha value is -3.62. The molecule has 0 spiro atoms. The number of rotatable bonds is 6. The van der Waals surface area contributed by atoms with Crippen LogP contribution >= 0.6 is 0 Å². The summed E-state index contributed by atoms with van der Waals surface area (Å²) in [5.41, 5.74) is -0.390. The molecule has 0 radical (unpaired) electrons. The van der Waals surface area contributed by atoms with Crippen LogP contribution in [-0.2, 0) is 22.3 Å². The van der Waals surface area contributed by atoms with Gasteiger partial charge in [-0.15, -0.1) is 0 Å². The Morgan fingerprint density at radius 2 is 1.73 bits per heavy atom. The number of para-hydroxylation sites is 1.